The van der Waals surface area contributed by atoms with Gasteiger partial charge in [0.15, 0.2) is 0 Å². The van der Waals surface area contributed by atoms with Gasteiger partial charge in [-0.05, 0) is 31.5 Å². The van der Waals surface area contributed by atoms with E-state index in [1.54, 1.807) is 0 Å². The Balaban J connectivity index is 1.75. The van der Waals surface area contributed by atoms with Crippen LogP contribution in [0.1, 0.15) is 12.8 Å². The molecule has 1 unspecified atom stereocenters. The number of nitrogens with zero attached hydrogens (tertiary/aromatic N) is 1. The summed E-state index contributed by atoms with van der Waals surface area (Å²) in [5, 5.41) is 11.4. The summed E-state index contributed by atoms with van der Waals surface area (Å²) in [6, 6.07) is 6.48. The van der Waals surface area contributed by atoms with Crippen molar-refractivity contribution >= 4 is 10.9 Å². The highest BCUT2D eigenvalue weighted by Crippen LogP contribution is 2.23. The highest BCUT2D eigenvalue weighted by atomic mass is 16.5. The quantitative estimate of drug-likeness (QED) is 0.822. The largest absolute Gasteiger partial charge is 0.491 e. The maximum Gasteiger partial charge on any atom is 0.130 e. The van der Waals surface area contributed by atoms with Crippen LogP contribution in [0.5, 0.6) is 5.75 Å². The van der Waals surface area contributed by atoms with Crippen LogP contribution < -0.4 is 10.1 Å². The lowest BCUT2D eigenvalue weighted by Gasteiger charge is -2.12. The Kier molecular flexibility index (Phi) is 2.50. The summed E-state index contributed by atoms with van der Waals surface area (Å²) in [6.07, 6.45) is 4.28. The average molecular weight is 217 g/mol. The molecule has 0 spiro atoms. The predicted octanol–water partition coefficient (Wildman–Crippen LogP) is 1.69. The number of fused-ring (bicyclic) bond motifs is 1. The summed E-state index contributed by atoms with van der Waals surface area (Å²) >= 11 is 0. The molecule has 16 heavy (non-hydrogen) atoms. The standard InChI is InChI=1S/C12H15N3O/c1-4-11-10(7-14-15-11)12(5-1)16-8-9-3-2-6-13-9/h1,4-5,7,9,13H,2-3,6,8H2,(H,14,15). The minimum absolute atomic E-state index is 0.502. The Morgan fingerprint density at radius 2 is 2.44 bits per heavy atom. The van der Waals surface area contributed by atoms with Crippen LogP contribution in [-0.4, -0.2) is 29.4 Å². The summed E-state index contributed by atoms with van der Waals surface area (Å²) < 4.78 is 5.84. The predicted molar refractivity (Wildman–Crippen MR) is 62.6 cm³/mol. The summed E-state index contributed by atoms with van der Waals surface area (Å²) in [7, 11) is 0. The first-order valence-electron chi connectivity index (χ1n) is 5.72. The summed E-state index contributed by atoms with van der Waals surface area (Å²) in [5.41, 5.74) is 1.02. The SMILES string of the molecule is c1cc(OCC2CCCN2)c2cn[nH]c2c1. The zero-order valence-electron chi connectivity index (χ0n) is 9.07. The molecule has 3 rings (SSSR count). The molecule has 0 bridgehead atoms. The summed E-state index contributed by atoms with van der Waals surface area (Å²) in [6.45, 7) is 1.86. The normalized spacial score (nSPS) is 20.4. The van der Waals surface area contributed by atoms with Crippen molar-refractivity contribution in [1.82, 2.24) is 15.5 Å². The zero-order chi connectivity index (χ0) is 10.8. The molecule has 0 aliphatic carbocycles. The fourth-order valence-corrected chi connectivity index (χ4v) is 2.16. The number of benzene rings is 1. The Morgan fingerprint density at radius 1 is 1.44 bits per heavy atom. The van der Waals surface area contributed by atoms with Gasteiger partial charge in [0.05, 0.1) is 17.1 Å². The second kappa shape index (κ2) is 4.14. The number of rotatable bonds is 3. The van der Waals surface area contributed by atoms with E-state index in [1.165, 1.54) is 12.8 Å². The van der Waals surface area contributed by atoms with Gasteiger partial charge >= 0.3 is 0 Å². The van der Waals surface area contributed by atoms with Gasteiger partial charge in [0.2, 0.25) is 0 Å². The third-order valence-electron chi connectivity index (χ3n) is 3.05. The van der Waals surface area contributed by atoms with Gasteiger partial charge in [0.1, 0.15) is 12.4 Å². The zero-order valence-corrected chi connectivity index (χ0v) is 9.07. The lowest BCUT2D eigenvalue weighted by atomic mass is 10.2. The topological polar surface area (TPSA) is 49.9 Å². The van der Waals surface area contributed by atoms with Gasteiger partial charge < -0.3 is 10.1 Å². The Labute approximate surface area is 94.0 Å². The molecule has 0 amide bonds. The van der Waals surface area contributed by atoms with E-state index < -0.39 is 0 Å². The molecule has 1 aromatic heterocycles. The number of hydrogen-bond acceptors (Lipinski definition) is 3. The van der Waals surface area contributed by atoms with Crippen LogP contribution in [0.4, 0.5) is 0 Å². The van der Waals surface area contributed by atoms with Crippen LogP contribution >= 0.6 is 0 Å². The number of aromatic nitrogens is 2. The van der Waals surface area contributed by atoms with Gasteiger partial charge in [-0.15, -0.1) is 0 Å². The van der Waals surface area contributed by atoms with Crippen molar-refractivity contribution < 1.29 is 4.74 Å². The molecule has 4 heteroatoms. The number of aromatic amines is 1. The fraction of sp³-hybridized carbons (Fsp3) is 0.417. The maximum absolute atomic E-state index is 5.84. The second-order valence-electron chi connectivity index (χ2n) is 4.19. The number of H-pyrrole nitrogens is 1. The molecule has 2 aromatic rings. The van der Waals surface area contributed by atoms with Crippen LogP contribution in [0.2, 0.25) is 0 Å². The van der Waals surface area contributed by atoms with E-state index >= 15 is 0 Å². The van der Waals surface area contributed by atoms with Crippen molar-refractivity contribution in [3.05, 3.63) is 24.4 Å². The minimum Gasteiger partial charge on any atom is -0.491 e. The lowest BCUT2D eigenvalue weighted by Crippen LogP contribution is -2.28. The van der Waals surface area contributed by atoms with Gasteiger partial charge in [0, 0.05) is 6.04 Å². The minimum atomic E-state index is 0.502. The summed E-state index contributed by atoms with van der Waals surface area (Å²) in [5.74, 6) is 0.917. The smallest absolute Gasteiger partial charge is 0.130 e. The highest BCUT2D eigenvalue weighted by Gasteiger charge is 2.15. The van der Waals surface area contributed by atoms with Crippen LogP contribution in [0.25, 0.3) is 10.9 Å². The fourth-order valence-electron chi connectivity index (χ4n) is 2.16. The van der Waals surface area contributed by atoms with Gasteiger partial charge in [-0.3, -0.25) is 5.10 Å². The van der Waals surface area contributed by atoms with E-state index in [0.717, 1.165) is 29.8 Å². The van der Waals surface area contributed by atoms with Gasteiger partial charge in [-0.25, -0.2) is 0 Å². The van der Waals surface area contributed by atoms with E-state index in [0.29, 0.717) is 6.04 Å². The number of nitrogens with one attached hydrogen (secondary N) is 2. The molecule has 1 fully saturated rings. The molecular weight excluding hydrogens is 202 g/mol. The van der Waals surface area contributed by atoms with Crippen LogP contribution in [0.3, 0.4) is 0 Å². The van der Waals surface area contributed by atoms with Crippen molar-refractivity contribution in [2.75, 3.05) is 13.2 Å². The molecule has 1 aliphatic rings. The Morgan fingerprint density at radius 3 is 3.31 bits per heavy atom. The number of ether oxygens (including phenoxy) is 1. The molecule has 2 heterocycles. The first kappa shape index (κ1) is 9.66. The average Bonchev–Trinajstić information content (AvgIpc) is 2.97. The van der Waals surface area contributed by atoms with E-state index in [-0.39, 0.29) is 0 Å². The van der Waals surface area contributed by atoms with E-state index in [9.17, 15) is 0 Å². The van der Waals surface area contributed by atoms with Gasteiger partial charge in [-0.2, -0.15) is 5.10 Å². The monoisotopic (exact) mass is 217 g/mol. The lowest BCUT2D eigenvalue weighted by molar-refractivity contribution is 0.280. The van der Waals surface area contributed by atoms with Crippen molar-refractivity contribution in [3.63, 3.8) is 0 Å². The van der Waals surface area contributed by atoms with E-state index in [4.69, 9.17) is 4.74 Å². The second-order valence-corrected chi connectivity index (χ2v) is 4.19. The van der Waals surface area contributed by atoms with Crippen LogP contribution in [0, 0.1) is 0 Å². The Bertz CT molecular complexity index is 474. The first-order chi connectivity index (χ1) is 7.93. The number of hydrogen-bond donors (Lipinski definition) is 2. The van der Waals surface area contributed by atoms with Gasteiger partial charge in [-0.1, -0.05) is 6.07 Å². The van der Waals surface area contributed by atoms with Gasteiger partial charge in [0.25, 0.3) is 0 Å². The molecule has 84 valence electrons. The maximum atomic E-state index is 5.84. The molecule has 0 saturated carbocycles. The van der Waals surface area contributed by atoms with Crippen molar-refractivity contribution in [3.8, 4) is 5.75 Å². The molecule has 1 aliphatic heterocycles. The van der Waals surface area contributed by atoms with Crippen LogP contribution in [0.15, 0.2) is 24.4 Å². The molecule has 2 N–H and O–H groups in total. The van der Waals surface area contributed by atoms with Crippen LogP contribution in [-0.2, 0) is 0 Å². The van der Waals surface area contributed by atoms with E-state index in [2.05, 4.69) is 15.5 Å². The summed E-state index contributed by atoms with van der Waals surface area (Å²) in [4.78, 5) is 0. The highest BCUT2D eigenvalue weighted by molar-refractivity contribution is 5.84. The van der Waals surface area contributed by atoms with E-state index in [1.807, 2.05) is 24.4 Å². The molecule has 1 saturated heterocycles. The molecule has 1 aromatic carbocycles. The Hall–Kier alpha value is -1.55. The van der Waals surface area contributed by atoms with Crippen molar-refractivity contribution in [2.24, 2.45) is 0 Å². The van der Waals surface area contributed by atoms with Crippen molar-refractivity contribution in [1.29, 1.82) is 0 Å². The third kappa shape index (κ3) is 1.76. The molecule has 4 nitrogen and oxygen atoms in total. The third-order valence-corrected chi connectivity index (χ3v) is 3.05. The first-order valence-corrected chi connectivity index (χ1v) is 5.72. The van der Waals surface area contributed by atoms with Crippen molar-refractivity contribution in [2.45, 2.75) is 18.9 Å². The molecule has 1 atom stereocenters. The molecule has 0 radical (unpaired) electrons. The molecular formula is C12H15N3O.